The summed E-state index contributed by atoms with van der Waals surface area (Å²) >= 11 is 1.35. The summed E-state index contributed by atoms with van der Waals surface area (Å²) < 4.78 is 30.4. The highest BCUT2D eigenvalue weighted by molar-refractivity contribution is 8.02. The van der Waals surface area contributed by atoms with Crippen molar-refractivity contribution in [1.29, 1.82) is 0 Å². The fraction of sp³-hybridized carbons (Fsp3) is 0.422. The molecule has 0 radical (unpaired) electrons. The first-order chi connectivity index (χ1) is 41.1. The van der Waals surface area contributed by atoms with E-state index in [1.165, 1.54) is 11.8 Å². The Hall–Kier alpha value is -8.14. The quantitative estimate of drug-likeness (QED) is 0.0420. The summed E-state index contributed by atoms with van der Waals surface area (Å²) in [6.45, 7) is 10.1. The minimum Gasteiger partial charge on any atom is -0.493 e. The van der Waals surface area contributed by atoms with Crippen molar-refractivity contribution in [3.05, 3.63) is 130 Å². The number of hydrogen-bond donors (Lipinski definition) is 0. The van der Waals surface area contributed by atoms with Crippen LogP contribution in [0, 0.1) is 6.92 Å². The van der Waals surface area contributed by atoms with E-state index in [1.807, 2.05) is 110 Å². The minimum absolute atomic E-state index is 0.00842. The second-order valence-corrected chi connectivity index (χ2v) is 24.5. The van der Waals surface area contributed by atoms with Gasteiger partial charge >= 0.3 is 5.97 Å². The number of benzene rings is 4. The number of hydroxylamine groups is 2. The lowest BCUT2D eigenvalue weighted by Gasteiger charge is -2.35. The van der Waals surface area contributed by atoms with Crippen LogP contribution in [-0.2, 0) is 70.8 Å². The predicted octanol–water partition coefficient (Wildman–Crippen LogP) is 8.25. The molecule has 444 valence electrons. The Morgan fingerprint density at radius 3 is 2.11 bits per heavy atom. The maximum absolute atomic E-state index is 14.3. The zero-order chi connectivity index (χ0) is 59.5. The molecule has 2 saturated heterocycles. The number of pyridine rings is 1. The topological polar surface area (TPSA) is 216 Å². The molecule has 0 spiro atoms. The van der Waals surface area contributed by atoms with Gasteiger partial charge in [-0.05, 0) is 111 Å². The monoisotopic (exact) mass is 1180 g/mol. The molecule has 0 aliphatic carbocycles. The molecule has 0 N–H and O–H groups in total. The molecule has 1 unspecified atom stereocenters. The maximum atomic E-state index is 14.3. The number of imide groups is 2. The minimum atomic E-state index is -0.908. The number of anilines is 3. The summed E-state index contributed by atoms with van der Waals surface area (Å²) in [6.07, 6.45) is 5.00. The van der Waals surface area contributed by atoms with Gasteiger partial charge in [-0.25, -0.2) is 4.79 Å². The lowest BCUT2D eigenvalue weighted by Crippen LogP contribution is -2.41. The predicted molar refractivity (Wildman–Crippen MR) is 318 cm³/mol. The molecular weight excluding hydrogens is 1110 g/mol. The Kier molecular flexibility index (Phi) is 17.4. The number of likely N-dealkylation sites (tertiary alicyclic amines) is 1. The fourth-order valence-corrected chi connectivity index (χ4v) is 13.4. The molecule has 2 fully saturated rings. The summed E-state index contributed by atoms with van der Waals surface area (Å²) in [5.41, 5.74) is 9.06. The van der Waals surface area contributed by atoms with Crippen molar-refractivity contribution in [2.75, 3.05) is 67.9 Å². The van der Waals surface area contributed by atoms with E-state index in [4.69, 9.17) is 38.5 Å². The zero-order valence-corrected chi connectivity index (χ0v) is 49.3. The number of fused-ring (bicyclic) bond motifs is 8. The second kappa shape index (κ2) is 25.2. The third kappa shape index (κ3) is 12.7. The molecule has 20 nitrogen and oxygen atoms in total. The van der Waals surface area contributed by atoms with Crippen molar-refractivity contribution >= 4 is 82.1 Å². The molecule has 0 bridgehead atoms. The molecule has 3 atom stereocenters. The van der Waals surface area contributed by atoms with Crippen molar-refractivity contribution in [2.24, 2.45) is 4.99 Å². The van der Waals surface area contributed by atoms with Crippen molar-refractivity contribution in [1.82, 2.24) is 14.9 Å². The zero-order valence-electron chi connectivity index (χ0n) is 48.5. The maximum Gasteiger partial charge on any atom is 0.335 e. The van der Waals surface area contributed by atoms with E-state index in [2.05, 4.69) is 11.0 Å². The number of aryl methyl sites for hydroxylation is 2. The number of ether oxygens (including phenoxy) is 5. The number of rotatable bonds is 24. The highest BCUT2D eigenvalue weighted by atomic mass is 32.2. The fourth-order valence-electron chi connectivity index (χ4n) is 12.0. The van der Waals surface area contributed by atoms with E-state index >= 15 is 0 Å². The van der Waals surface area contributed by atoms with Gasteiger partial charge in [-0.15, -0.1) is 16.8 Å². The van der Waals surface area contributed by atoms with Gasteiger partial charge in [0.2, 0.25) is 11.8 Å². The molecular formula is C64H69N7O13S. The molecule has 0 saturated carbocycles. The molecule has 1 aromatic heterocycles. The van der Waals surface area contributed by atoms with E-state index in [-0.39, 0.29) is 62.9 Å². The van der Waals surface area contributed by atoms with Crippen LogP contribution in [0.25, 0.3) is 0 Å². The number of para-hydroxylation sites is 2. The molecule has 6 aliphatic rings. The van der Waals surface area contributed by atoms with Gasteiger partial charge in [0.1, 0.15) is 19.0 Å². The summed E-state index contributed by atoms with van der Waals surface area (Å²) in [4.78, 5) is 115. The highest BCUT2D eigenvalue weighted by Crippen LogP contribution is 2.43. The highest BCUT2D eigenvalue weighted by Gasteiger charge is 2.44. The Labute approximate surface area is 497 Å². The Bertz CT molecular complexity index is 3480. The Morgan fingerprint density at radius 1 is 0.718 bits per heavy atom. The molecule has 7 heterocycles. The smallest absolute Gasteiger partial charge is 0.335 e. The van der Waals surface area contributed by atoms with E-state index in [9.17, 15) is 33.6 Å². The van der Waals surface area contributed by atoms with E-state index < -0.39 is 46.0 Å². The van der Waals surface area contributed by atoms with Crippen molar-refractivity contribution in [2.45, 2.75) is 121 Å². The molecule has 21 heteroatoms. The number of carbonyl (C=O) groups is 7. The van der Waals surface area contributed by atoms with Crippen LogP contribution in [0.4, 0.5) is 22.7 Å². The van der Waals surface area contributed by atoms with Crippen LogP contribution in [-0.4, -0.2) is 138 Å². The van der Waals surface area contributed by atoms with Gasteiger partial charge in [-0.3, -0.25) is 48.5 Å². The summed E-state index contributed by atoms with van der Waals surface area (Å²) in [5.74, 6) is -1.89. The SMILES string of the molecule is CCCOCCOCCN(CC(C)(C)SC1CC(=O)N(CCC(=O)ON2C(=O)CCC2=O)C1=O)c1cc(COc2cc3c(cc2C)C(=O)N2c4ccccc4C[C@H]2C=N3)nc(COc2cc3c(cc2OC)C(=O)N2c4ccccc4C[C@H]2CC3)c1. The number of hydrogen-bond acceptors (Lipinski definition) is 17. The number of methoxy groups -OCH3 is 1. The number of aliphatic imine (C=N–C) groups is 1. The first kappa shape index (κ1) is 58.6. The lowest BCUT2D eigenvalue weighted by atomic mass is 9.99. The Morgan fingerprint density at radius 2 is 1.39 bits per heavy atom. The molecule has 6 amide bonds. The first-order valence-electron chi connectivity index (χ1n) is 29.0. The van der Waals surface area contributed by atoms with Crippen molar-refractivity contribution in [3.63, 3.8) is 0 Å². The number of amides is 6. The van der Waals surface area contributed by atoms with Gasteiger partial charge in [-0.1, -0.05) is 43.3 Å². The molecule has 4 aromatic carbocycles. The first-order valence-corrected chi connectivity index (χ1v) is 29.9. The average Bonchev–Trinajstić information content (AvgIpc) is 3.25. The summed E-state index contributed by atoms with van der Waals surface area (Å²) in [7, 11) is 1.55. The number of carbonyl (C=O) groups excluding carboxylic acids is 7. The van der Waals surface area contributed by atoms with Crippen LogP contribution in [0.1, 0.15) is 114 Å². The number of nitrogens with zero attached hydrogens (tertiary/aromatic N) is 7. The average molecular weight is 1180 g/mol. The van der Waals surface area contributed by atoms with Crippen LogP contribution in [0.2, 0.25) is 0 Å². The van der Waals surface area contributed by atoms with Gasteiger partial charge < -0.3 is 38.3 Å². The summed E-state index contributed by atoms with van der Waals surface area (Å²) in [5, 5.41) is -0.325. The van der Waals surface area contributed by atoms with Crippen LogP contribution < -0.4 is 28.9 Å². The molecule has 85 heavy (non-hydrogen) atoms. The van der Waals surface area contributed by atoms with Gasteiger partial charge in [0, 0.05) is 97.6 Å². The van der Waals surface area contributed by atoms with Gasteiger partial charge in [0.15, 0.2) is 11.5 Å². The number of aromatic nitrogens is 1. The van der Waals surface area contributed by atoms with Gasteiger partial charge in [0.05, 0.1) is 67.3 Å². The summed E-state index contributed by atoms with van der Waals surface area (Å²) in [6, 6.07) is 27.0. The second-order valence-electron chi connectivity index (χ2n) is 22.6. The van der Waals surface area contributed by atoms with Crippen LogP contribution in [0.15, 0.2) is 89.9 Å². The normalized spacial score (nSPS) is 18.7. The largest absolute Gasteiger partial charge is 0.493 e. The van der Waals surface area contributed by atoms with Gasteiger partial charge in [-0.2, -0.15) is 0 Å². The van der Waals surface area contributed by atoms with Crippen LogP contribution in [0.3, 0.4) is 0 Å². The Balaban J connectivity index is 0.863. The van der Waals surface area contributed by atoms with E-state index in [0.29, 0.717) is 103 Å². The van der Waals surface area contributed by atoms with E-state index in [1.54, 1.807) is 19.2 Å². The molecule has 6 aliphatic heterocycles. The lowest BCUT2D eigenvalue weighted by molar-refractivity contribution is -0.197. The van der Waals surface area contributed by atoms with Crippen molar-refractivity contribution in [3.8, 4) is 17.2 Å². The van der Waals surface area contributed by atoms with Crippen molar-refractivity contribution < 1.29 is 62.1 Å². The number of thioether (sulfide) groups is 1. The standard InChI is InChI=1S/C64H69N7O13S/c1-6-22-80-24-25-81-23-21-67(38-64(3,4)85-56-34-59(74)68(63(56)78)20-19-60(75)84-71-57(72)17-18-58(71)73)46-30-43(36-82-53-33-50-49(26-39(53)2)62(77)70-47(35-65-50)28-42-12-8-10-14-52(42)70)66-44(31-46)37-83-55-29-40-15-16-45-27-41-11-7-9-13-51(41)69(45)61(76)48(40)32-54(55)79-5/h7-14,26,29-33,35,45,47,56H,6,15-25,27-28,34,36-38H2,1-5H3/t45-,47+,56?/m1/s1. The molecule has 11 rings (SSSR count). The van der Waals surface area contributed by atoms with Crippen LogP contribution >= 0.6 is 11.8 Å². The van der Waals surface area contributed by atoms with E-state index in [0.717, 1.165) is 63.5 Å². The molecule has 5 aromatic rings. The third-order valence-electron chi connectivity index (χ3n) is 16.0. The van der Waals surface area contributed by atoms with Gasteiger partial charge in [0.25, 0.3) is 23.6 Å². The third-order valence-corrected chi connectivity index (χ3v) is 17.4. The van der Waals surface area contributed by atoms with Crippen LogP contribution in [0.5, 0.6) is 17.2 Å².